The Hall–Kier alpha value is -1.96. The van der Waals surface area contributed by atoms with Gasteiger partial charge in [-0.3, -0.25) is 4.79 Å². The number of amides is 1. The Morgan fingerprint density at radius 2 is 2.10 bits per heavy atom. The van der Waals surface area contributed by atoms with Crippen LogP contribution in [0.4, 0.5) is 4.39 Å². The zero-order valence-corrected chi connectivity index (χ0v) is 17.5. The van der Waals surface area contributed by atoms with Gasteiger partial charge in [0.15, 0.2) is 0 Å². The van der Waals surface area contributed by atoms with Crippen molar-refractivity contribution in [1.29, 1.82) is 0 Å². The van der Waals surface area contributed by atoms with E-state index in [0.717, 1.165) is 44.3 Å². The van der Waals surface area contributed by atoms with Gasteiger partial charge in [-0.25, -0.2) is 4.39 Å². The van der Waals surface area contributed by atoms with Crippen molar-refractivity contribution < 1.29 is 18.4 Å². The number of carbonyl (C=O) groups is 1. The second kappa shape index (κ2) is 11.3. The molecule has 2 heterocycles. The Bertz CT molecular complexity index is 786. The third-order valence-electron chi connectivity index (χ3n) is 5.12. The van der Waals surface area contributed by atoms with Gasteiger partial charge in [0.05, 0.1) is 6.10 Å². The maximum Gasteiger partial charge on any atom is 0.251 e. The molecule has 29 heavy (non-hydrogen) atoms. The number of hydrogen-bond acceptors (Lipinski definition) is 5. The fourth-order valence-electron chi connectivity index (χ4n) is 3.46. The summed E-state index contributed by atoms with van der Waals surface area (Å²) in [6.07, 6.45) is 4.89. The number of halogens is 2. The molecule has 3 rings (SSSR count). The van der Waals surface area contributed by atoms with E-state index in [2.05, 4.69) is 5.16 Å². The second-order valence-corrected chi connectivity index (χ2v) is 7.32. The van der Waals surface area contributed by atoms with Crippen LogP contribution in [0.2, 0.25) is 0 Å². The standard InChI is InChI=1S/C21H28FN3O3.ClH/c1-25(21(26)20-10-9-18(14-23)27-20)11-4-2-3-8-17-13-19(24-28-17)15-6-5-7-16(22)12-15;/h5-7,12-13,18,20H,2-4,8-11,14,23H2,1H3;1H/t18-,20+;/m1./s1. The molecular weight excluding hydrogens is 397 g/mol. The largest absolute Gasteiger partial charge is 0.364 e. The summed E-state index contributed by atoms with van der Waals surface area (Å²) in [4.78, 5) is 14.1. The SMILES string of the molecule is CN(CCCCCc1cc(-c2cccc(F)c2)no1)C(=O)[C@@H]1CC[C@H](CN)O1.Cl. The molecule has 1 aromatic heterocycles. The average Bonchev–Trinajstić information content (AvgIpc) is 3.36. The molecule has 0 unspecified atom stereocenters. The number of likely N-dealkylation sites (N-methyl/N-ethyl adjacent to an activating group) is 1. The Labute approximate surface area is 177 Å². The molecule has 2 atom stereocenters. The first-order valence-electron chi connectivity index (χ1n) is 9.89. The van der Waals surface area contributed by atoms with Crippen LogP contribution in [0.3, 0.4) is 0 Å². The first-order valence-corrected chi connectivity index (χ1v) is 9.89. The Kier molecular flexibility index (Phi) is 9.07. The monoisotopic (exact) mass is 425 g/mol. The summed E-state index contributed by atoms with van der Waals surface area (Å²) in [6, 6.07) is 8.17. The highest BCUT2D eigenvalue weighted by Gasteiger charge is 2.31. The fraction of sp³-hybridized carbons (Fsp3) is 0.524. The molecule has 2 N–H and O–H groups in total. The van der Waals surface area contributed by atoms with Crippen molar-refractivity contribution in [3.63, 3.8) is 0 Å². The highest BCUT2D eigenvalue weighted by atomic mass is 35.5. The highest BCUT2D eigenvalue weighted by Crippen LogP contribution is 2.22. The molecule has 160 valence electrons. The van der Waals surface area contributed by atoms with Crippen LogP contribution in [-0.2, 0) is 16.0 Å². The third-order valence-corrected chi connectivity index (χ3v) is 5.12. The van der Waals surface area contributed by atoms with Gasteiger partial charge in [-0.05, 0) is 37.8 Å². The predicted octanol–water partition coefficient (Wildman–Crippen LogP) is 3.58. The lowest BCUT2D eigenvalue weighted by Gasteiger charge is -2.21. The van der Waals surface area contributed by atoms with Crippen LogP contribution in [0.25, 0.3) is 11.3 Å². The van der Waals surface area contributed by atoms with Crippen LogP contribution in [0.15, 0.2) is 34.9 Å². The molecule has 0 aliphatic carbocycles. The molecule has 1 aliphatic heterocycles. The molecule has 6 nitrogen and oxygen atoms in total. The highest BCUT2D eigenvalue weighted by molar-refractivity contribution is 5.85. The van der Waals surface area contributed by atoms with E-state index in [4.69, 9.17) is 15.0 Å². The van der Waals surface area contributed by atoms with Crippen molar-refractivity contribution in [2.24, 2.45) is 5.73 Å². The van der Waals surface area contributed by atoms with Gasteiger partial charge >= 0.3 is 0 Å². The molecular formula is C21H29ClFN3O3. The number of hydrogen-bond donors (Lipinski definition) is 1. The lowest BCUT2D eigenvalue weighted by molar-refractivity contribution is -0.141. The van der Waals surface area contributed by atoms with Crippen LogP contribution in [0, 0.1) is 5.82 Å². The molecule has 0 bridgehead atoms. The van der Waals surface area contributed by atoms with Gasteiger partial charge < -0.3 is 19.9 Å². The summed E-state index contributed by atoms with van der Waals surface area (Å²) in [6.45, 7) is 1.17. The number of aromatic nitrogens is 1. The topological polar surface area (TPSA) is 81.6 Å². The normalized spacial score (nSPS) is 18.4. The predicted molar refractivity (Wildman–Crippen MR) is 111 cm³/mol. The molecule has 1 saturated heterocycles. The number of nitrogens with two attached hydrogens (primary N) is 1. The van der Waals surface area contributed by atoms with Crippen LogP contribution in [0.5, 0.6) is 0 Å². The maximum absolute atomic E-state index is 13.3. The van der Waals surface area contributed by atoms with E-state index in [1.54, 1.807) is 17.0 Å². The summed E-state index contributed by atoms with van der Waals surface area (Å²) < 4.78 is 24.3. The summed E-state index contributed by atoms with van der Waals surface area (Å²) >= 11 is 0. The van der Waals surface area contributed by atoms with Crippen LogP contribution in [0.1, 0.15) is 37.9 Å². The minimum absolute atomic E-state index is 0. The minimum Gasteiger partial charge on any atom is -0.364 e. The van der Waals surface area contributed by atoms with E-state index in [-0.39, 0.29) is 36.3 Å². The van der Waals surface area contributed by atoms with E-state index in [0.29, 0.717) is 24.3 Å². The first-order chi connectivity index (χ1) is 13.6. The van der Waals surface area contributed by atoms with Gasteiger partial charge in [0.2, 0.25) is 0 Å². The van der Waals surface area contributed by atoms with Gasteiger partial charge in [0.1, 0.15) is 23.4 Å². The number of aryl methyl sites for hydroxylation is 1. The average molecular weight is 426 g/mol. The molecule has 0 saturated carbocycles. The molecule has 0 spiro atoms. The number of nitrogens with zero attached hydrogens (tertiary/aromatic N) is 2. The van der Waals surface area contributed by atoms with Crippen molar-refractivity contribution in [3.8, 4) is 11.3 Å². The molecule has 2 aromatic rings. The van der Waals surface area contributed by atoms with Crippen LogP contribution >= 0.6 is 12.4 Å². The number of unbranched alkanes of at least 4 members (excludes halogenated alkanes) is 2. The van der Waals surface area contributed by atoms with Crippen molar-refractivity contribution in [2.45, 2.75) is 50.7 Å². The van der Waals surface area contributed by atoms with Crippen LogP contribution < -0.4 is 5.73 Å². The maximum atomic E-state index is 13.3. The summed E-state index contributed by atoms with van der Waals surface area (Å²) in [5, 5.41) is 4.02. The molecule has 8 heteroatoms. The quantitative estimate of drug-likeness (QED) is 0.621. The van der Waals surface area contributed by atoms with Crippen molar-refractivity contribution in [1.82, 2.24) is 10.1 Å². The Balaban J connectivity index is 0.00000300. The Morgan fingerprint density at radius 1 is 1.28 bits per heavy atom. The van der Waals surface area contributed by atoms with E-state index >= 15 is 0 Å². The summed E-state index contributed by atoms with van der Waals surface area (Å²) in [5.41, 5.74) is 6.95. The van der Waals surface area contributed by atoms with Gasteiger partial charge in [-0.1, -0.05) is 23.7 Å². The number of benzene rings is 1. The molecule has 1 amide bonds. The molecule has 1 fully saturated rings. The molecule has 0 radical (unpaired) electrons. The first kappa shape index (κ1) is 23.3. The van der Waals surface area contributed by atoms with Gasteiger partial charge in [0.25, 0.3) is 5.91 Å². The van der Waals surface area contributed by atoms with Gasteiger partial charge in [-0.15, -0.1) is 12.4 Å². The Morgan fingerprint density at radius 3 is 2.83 bits per heavy atom. The van der Waals surface area contributed by atoms with E-state index in [9.17, 15) is 9.18 Å². The van der Waals surface area contributed by atoms with Crippen molar-refractivity contribution in [2.75, 3.05) is 20.1 Å². The van der Waals surface area contributed by atoms with Gasteiger partial charge in [-0.2, -0.15) is 0 Å². The molecule has 1 aliphatic rings. The zero-order chi connectivity index (χ0) is 19.9. The number of rotatable bonds is 9. The smallest absolute Gasteiger partial charge is 0.251 e. The lowest BCUT2D eigenvalue weighted by Crippen LogP contribution is -2.37. The molecule has 1 aromatic carbocycles. The van der Waals surface area contributed by atoms with E-state index in [1.165, 1.54) is 12.1 Å². The fourth-order valence-corrected chi connectivity index (χ4v) is 3.46. The van der Waals surface area contributed by atoms with E-state index in [1.807, 2.05) is 13.1 Å². The second-order valence-electron chi connectivity index (χ2n) is 7.32. The minimum atomic E-state index is -0.339. The van der Waals surface area contributed by atoms with Crippen molar-refractivity contribution in [3.05, 3.63) is 41.9 Å². The lowest BCUT2D eigenvalue weighted by atomic mass is 10.1. The van der Waals surface area contributed by atoms with Gasteiger partial charge in [0, 0.05) is 38.2 Å². The van der Waals surface area contributed by atoms with E-state index < -0.39 is 0 Å². The number of ether oxygens (including phenoxy) is 1. The van der Waals surface area contributed by atoms with Crippen molar-refractivity contribution >= 4 is 18.3 Å². The zero-order valence-electron chi connectivity index (χ0n) is 16.7. The third kappa shape index (κ3) is 6.52. The van der Waals surface area contributed by atoms with Crippen LogP contribution in [-0.4, -0.2) is 48.3 Å². The summed E-state index contributed by atoms with van der Waals surface area (Å²) in [7, 11) is 1.82. The number of carbonyl (C=O) groups excluding carboxylic acids is 1. The summed E-state index contributed by atoms with van der Waals surface area (Å²) in [5.74, 6) is 0.545.